The summed E-state index contributed by atoms with van der Waals surface area (Å²) in [5.74, 6) is 0.434. The van der Waals surface area contributed by atoms with Gasteiger partial charge in [-0.05, 0) is 69.4 Å². The molecular weight excluding hydrogens is 508 g/mol. The Balaban J connectivity index is 1.51. The number of fused-ring (bicyclic) bond motifs is 2. The third kappa shape index (κ3) is 4.97. The molecule has 0 spiro atoms. The zero-order valence-electron chi connectivity index (χ0n) is 23.9. The fourth-order valence-corrected chi connectivity index (χ4v) is 6.27. The molecule has 2 aromatic rings. The average Bonchev–Trinajstić information content (AvgIpc) is 2.91. The van der Waals surface area contributed by atoms with E-state index in [-0.39, 0.29) is 30.1 Å². The molecule has 5 rings (SSSR count). The molecular formula is C31H40N4O5. The van der Waals surface area contributed by atoms with E-state index in [1.165, 1.54) is 0 Å². The Morgan fingerprint density at radius 1 is 1.23 bits per heavy atom. The number of aryl methyl sites for hydroxylation is 1. The van der Waals surface area contributed by atoms with Crippen LogP contribution >= 0.6 is 0 Å². The second kappa shape index (κ2) is 10.5. The van der Waals surface area contributed by atoms with E-state index >= 15 is 0 Å². The normalized spacial score (nSPS) is 29.1. The van der Waals surface area contributed by atoms with Crippen LogP contribution in [0.15, 0.2) is 47.5 Å². The van der Waals surface area contributed by atoms with Crippen molar-refractivity contribution in [3.05, 3.63) is 64.7 Å². The van der Waals surface area contributed by atoms with Gasteiger partial charge in [-0.1, -0.05) is 31.2 Å². The number of rotatable bonds is 6. The molecule has 1 aliphatic carbocycles. The summed E-state index contributed by atoms with van der Waals surface area (Å²) in [6.07, 6.45) is 1.63. The summed E-state index contributed by atoms with van der Waals surface area (Å²) in [6.45, 7) is 8.00. The minimum absolute atomic E-state index is 0.00974. The van der Waals surface area contributed by atoms with Gasteiger partial charge < -0.3 is 25.6 Å². The van der Waals surface area contributed by atoms with Crippen LogP contribution in [0.5, 0.6) is 5.75 Å². The zero-order valence-corrected chi connectivity index (χ0v) is 23.9. The highest BCUT2D eigenvalue weighted by molar-refractivity contribution is 6.00. The number of nitrogens with one attached hydrogen (secondary N) is 1. The maximum atomic E-state index is 13.7. The Labute approximate surface area is 235 Å². The quantitative estimate of drug-likeness (QED) is 0.506. The predicted octanol–water partition coefficient (Wildman–Crippen LogP) is 3.66. The summed E-state index contributed by atoms with van der Waals surface area (Å²) in [7, 11) is 1.65. The topological polar surface area (TPSA) is 126 Å². The molecule has 9 nitrogen and oxygen atoms in total. The van der Waals surface area contributed by atoms with Crippen LogP contribution in [-0.4, -0.2) is 58.7 Å². The van der Waals surface area contributed by atoms with E-state index in [1.54, 1.807) is 31.9 Å². The van der Waals surface area contributed by atoms with Crippen molar-refractivity contribution < 1.29 is 24.2 Å². The number of methoxy groups -OCH3 is 1. The summed E-state index contributed by atoms with van der Waals surface area (Å²) >= 11 is 0. The first-order valence-corrected chi connectivity index (χ1v) is 14.0. The predicted molar refractivity (Wildman–Crippen MR) is 152 cm³/mol. The van der Waals surface area contributed by atoms with Gasteiger partial charge in [0.05, 0.1) is 30.7 Å². The molecule has 214 valence electrons. The molecule has 2 heterocycles. The van der Waals surface area contributed by atoms with Crippen molar-refractivity contribution in [1.29, 1.82) is 0 Å². The van der Waals surface area contributed by atoms with Gasteiger partial charge in [0.2, 0.25) is 5.91 Å². The molecule has 4 N–H and O–H groups in total. The largest absolute Gasteiger partial charge is 0.485 e. The van der Waals surface area contributed by atoms with E-state index in [0.29, 0.717) is 24.3 Å². The Bertz CT molecular complexity index is 1340. The third-order valence-corrected chi connectivity index (χ3v) is 8.75. The first-order chi connectivity index (χ1) is 19.0. The lowest BCUT2D eigenvalue weighted by molar-refractivity contribution is -0.132. The molecule has 0 unspecified atom stereocenters. The summed E-state index contributed by atoms with van der Waals surface area (Å²) in [4.78, 5) is 33.6. The van der Waals surface area contributed by atoms with Crippen molar-refractivity contribution in [1.82, 2.24) is 10.2 Å². The van der Waals surface area contributed by atoms with Crippen LogP contribution in [0, 0.1) is 5.92 Å². The van der Waals surface area contributed by atoms with Crippen LogP contribution in [0.25, 0.3) is 0 Å². The smallest absolute Gasteiger partial charge is 0.251 e. The maximum absolute atomic E-state index is 13.7. The lowest BCUT2D eigenvalue weighted by Crippen LogP contribution is -2.54. The number of aliphatic hydroxyl groups excluding tert-OH is 1. The fraction of sp³-hybridized carbons (Fsp3) is 0.516. The van der Waals surface area contributed by atoms with Crippen molar-refractivity contribution in [2.45, 2.75) is 82.7 Å². The summed E-state index contributed by atoms with van der Waals surface area (Å²) in [5, 5.41) is 14.2. The molecule has 0 saturated heterocycles. The van der Waals surface area contributed by atoms with Gasteiger partial charge in [0, 0.05) is 24.2 Å². The maximum Gasteiger partial charge on any atom is 0.251 e. The van der Waals surface area contributed by atoms with Gasteiger partial charge >= 0.3 is 0 Å². The molecule has 2 aromatic carbocycles. The summed E-state index contributed by atoms with van der Waals surface area (Å²) < 4.78 is 11.6. The lowest BCUT2D eigenvalue weighted by Gasteiger charge is -2.44. The van der Waals surface area contributed by atoms with Crippen molar-refractivity contribution >= 4 is 17.8 Å². The number of carbonyl (C=O) groups excluding carboxylic acids is 2. The van der Waals surface area contributed by atoms with Gasteiger partial charge in [0.15, 0.2) is 5.96 Å². The lowest BCUT2D eigenvalue weighted by atomic mass is 9.77. The molecule has 0 radical (unpaired) electrons. The second-order valence-corrected chi connectivity index (χ2v) is 12.0. The number of amides is 2. The summed E-state index contributed by atoms with van der Waals surface area (Å²) in [5.41, 5.74) is 8.16. The van der Waals surface area contributed by atoms with E-state index < -0.39 is 29.3 Å². The number of aliphatic hydroxyl groups is 1. The van der Waals surface area contributed by atoms with Gasteiger partial charge in [0.25, 0.3) is 5.91 Å². The number of nitrogens with zero attached hydrogens (tertiary/aromatic N) is 2. The zero-order chi connectivity index (χ0) is 28.8. The van der Waals surface area contributed by atoms with E-state index in [9.17, 15) is 14.7 Å². The molecule has 40 heavy (non-hydrogen) atoms. The molecule has 5 atom stereocenters. The number of guanidine groups is 1. The van der Waals surface area contributed by atoms with Crippen LogP contribution in [0.1, 0.15) is 86.1 Å². The Morgan fingerprint density at radius 3 is 2.67 bits per heavy atom. The minimum atomic E-state index is -0.960. The number of nitrogens with two attached hydrogens (primary N) is 1. The number of ether oxygens (including phenoxy) is 2. The molecule has 0 aromatic heterocycles. The highest BCUT2D eigenvalue weighted by Crippen LogP contribution is 2.43. The molecule has 9 heteroatoms. The number of hydrogen-bond donors (Lipinski definition) is 3. The van der Waals surface area contributed by atoms with Crippen molar-refractivity contribution in [3.8, 4) is 5.75 Å². The van der Waals surface area contributed by atoms with Crippen LogP contribution in [0.4, 0.5) is 0 Å². The van der Waals surface area contributed by atoms with Gasteiger partial charge in [-0.2, -0.15) is 0 Å². The average molecular weight is 549 g/mol. The first kappa shape index (κ1) is 28.1. The van der Waals surface area contributed by atoms with E-state index in [0.717, 1.165) is 29.5 Å². The minimum Gasteiger partial charge on any atom is -0.485 e. The van der Waals surface area contributed by atoms with Crippen molar-refractivity contribution in [3.63, 3.8) is 0 Å². The van der Waals surface area contributed by atoms with Gasteiger partial charge in [-0.3, -0.25) is 14.5 Å². The number of carbonyl (C=O) groups is 2. The SMILES string of the molecule is CC[C@]1(C)CC(=O)N([C@H]2c3cc(C(=O)N[C@@H]4c5ccccc5OC(C)(C)[C@H]4O)ccc3CC[C@@H]2COC)C(N)=N1. The molecule has 0 bridgehead atoms. The van der Waals surface area contributed by atoms with E-state index in [2.05, 4.69) is 5.32 Å². The highest BCUT2D eigenvalue weighted by atomic mass is 16.5. The van der Waals surface area contributed by atoms with Crippen molar-refractivity contribution in [2.75, 3.05) is 13.7 Å². The molecule has 3 aliphatic rings. The first-order valence-electron chi connectivity index (χ1n) is 14.0. The molecule has 2 aliphatic heterocycles. The van der Waals surface area contributed by atoms with Crippen LogP contribution < -0.4 is 15.8 Å². The van der Waals surface area contributed by atoms with Crippen LogP contribution in [0.2, 0.25) is 0 Å². The number of hydrogen-bond acceptors (Lipinski definition) is 7. The Morgan fingerprint density at radius 2 is 1.98 bits per heavy atom. The Kier molecular flexibility index (Phi) is 7.39. The van der Waals surface area contributed by atoms with Gasteiger partial charge in [-0.25, -0.2) is 4.99 Å². The van der Waals surface area contributed by atoms with Crippen LogP contribution in [-0.2, 0) is 16.0 Å². The van der Waals surface area contributed by atoms with E-state index in [4.69, 9.17) is 20.2 Å². The van der Waals surface area contributed by atoms with E-state index in [1.807, 2.05) is 50.2 Å². The Hall–Kier alpha value is -3.43. The van der Waals surface area contributed by atoms with Crippen LogP contribution in [0.3, 0.4) is 0 Å². The third-order valence-electron chi connectivity index (χ3n) is 8.75. The second-order valence-electron chi connectivity index (χ2n) is 12.0. The number of benzene rings is 2. The summed E-state index contributed by atoms with van der Waals surface area (Å²) in [6, 6.07) is 12.0. The number of aliphatic imine (C=N–C) groups is 1. The highest BCUT2D eigenvalue weighted by Gasteiger charge is 2.45. The van der Waals surface area contributed by atoms with Gasteiger partial charge in [-0.15, -0.1) is 0 Å². The fourth-order valence-electron chi connectivity index (χ4n) is 6.27. The standard InChI is InChI=1S/C31H40N4O5/c1-6-31(4)16-24(36)35(29(32)34-31)26-20(17-39-5)14-12-18-11-13-19(15-22(18)26)28(38)33-25-21-9-7-8-10-23(21)40-30(2,3)27(25)37/h7-11,13,15,20,25-27,37H,6,12,14,16-17H2,1-5H3,(H2,32,34)(H,33,38)/t20-,25-,26-,27+,31-/m1/s1. The molecule has 0 fully saturated rings. The monoisotopic (exact) mass is 548 g/mol. The number of para-hydroxylation sites is 1. The van der Waals surface area contributed by atoms with Crippen molar-refractivity contribution in [2.24, 2.45) is 16.6 Å². The van der Waals surface area contributed by atoms with Gasteiger partial charge in [0.1, 0.15) is 17.5 Å². The molecule has 2 amide bonds. The molecule has 0 saturated carbocycles.